The van der Waals surface area contributed by atoms with Crippen molar-refractivity contribution in [3.63, 3.8) is 0 Å². The zero-order chi connectivity index (χ0) is 7.68. The fraction of sp³-hybridized carbons (Fsp3) is 0. The van der Waals surface area contributed by atoms with E-state index in [1.807, 2.05) is 6.07 Å². The number of fused-ring (bicyclic) bond motifs is 1. The first-order chi connectivity index (χ1) is 5.42. The second-order valence-corrected chi connectivity index (χ2v) is 2.38. The molecule has 0 amide bonds. The number of pyridine rings is 1. The highest BCUT2D eigenvalue weighted by atomic mass is 127. The number of aromatic nitrogens is 2. The topological polar surface area (TPSA) is 48.2 Å². The van der Waals surface area contributed by atoms with E-state index < -0.39 is 0 Å². The molecule has 0 aliphatic carbocycles. The monoisotopic (exact) mass is 262 g/mol. The summed E-state index contributed by atoms with van der Waals surface area (Å²) in [5.74, 6) is 0.459. The molecule has 5 heteroatoms. The van der Waals surface area contributed by atoms with E-state index in [-0.39, 0.29) is 0 Å². The van der Waals surface area contributed by atoms with Crippen LogP contribution in [0, 0.1) is 0 Å². The molecule has 11 heavy (non-hydrogen) atoms. The van der Waals surface area contributed by atoms with Crippen molar-refractivity contribution in [2.24, 2.45) is 0 Å². The quantitative estimate of drug-likeness (QED) is 0.737. The van der Waals surface area contributed by atoms with Crippen LogP contribution >= 0.6 is 23.0 Å². The molecule has 0 aliphatic heterocycles. The van der Waals surface area contributed by atoms with E-state index >= 15 is 0 Å². The standard InChI is InChI=1S/C6H3IN2O2/c7-10-6-5-4(1-2-8-6)3-9-11-5/h1-3H. The molecule has 2 aromatic rings. The predicted octanol–water partition coefficient (Wildman–Crippen LogP) is 1.95. The highest BCUT2D eigenvalue weighted by Gasteiger charge is 2.05. The molecule has 56 valence electrons. The summed E-state index contributed by atoms with van der Waals surface area (Å²) in [5, 5.41) is 4.51. The van der Waals surface area contributed by atoms with Gasteiger partial charge in [0, 0.05) is 11.6 Å². The molecule has 0 saturated carbocycles. The van der Waals surface area contributed by atoms with E-state index in [2.05, 4.69) is 10.1 Å². The molecule has 2 aromatic heterocycles. The van der Waals surface area contributed by atoms with Crippen molar-refractivity contribution in [2.75, 3.05) is 0 Å². The van der Waals surface area contributed by atoms with E-state index in [0.717, 1.165) is 5.39 Å². The van der Waals surface area contributed by atoms with Crippen LogP contribution in [0.3, 0.4) is 0 Å². The first-order valence-corrected chi connectivity index (χ1v) is 3.78. The Morgan fingerprint density at radius 3 is 3.27 bits per heavy atom. The molecule has 0 spiro atoms. The van der Waals surface area contributed by atoms with Gasteiger partial charge in [-0.2, -0.15) is 0 Å². The third-order valence-electron chi connectivity index (χ3n) is 1.31. The number of hydrogen-bond donors (Lipinski definition) is 0. The van der Waals surface area contributed by atoms with E-state index in [9.17, 15) is 0 Å². The Morgan fingerprint density at radius 1 is 1.55 bits per heavy atom. The van der Waals surface area contributed by atoms with Crippen molar-refractivity contribution in [3.8, 4) is 5.88 Å². The van der Waals surface area contributed by atoms with Gasteiger partial charge in [0.1, 0.15) is 0 Å². The fourth-order valence-corrected chi connectivity index (χ4v) is 1.14. The highest BCUT2D eigenvalue weighted by Crippen LogP contribution is 2.23. The molecular formula is C6H3IN2O2. The van der Waals surface area contributed by atoms with Gasteiger partial charge in [-0.15, -0.1) is 0 Å². The van der Waals surface area contributed by atoms with Crippen LogP contribution < -0.4 is 3.07 Å². The summed E-state index contributed by atoms with van der Waals surface area (Å²) < 4.78 is 9.81. The van der Waals surface area contributed by atoms with Crippen LogP contribution in [0.2, 0.25) is 0 Å². The van der Waals surface area contributed by atoms with E-state index in [1.54, 1.807) is 35.4 Å². The van der Waals surface area contributed by atoms with Crippen molar-refractivity contribution in [1.82, 2.24) is 10.1 Å². The van der Waals surface area contributed by atoms with Gasteiger partial charge in [-0.05, 0) is 6.07 Å². The number of halogens is 1. The third-order valence-corrected chi connectivity index (χ3v) is 1.73. The van der Waals surface area contributed by atoms with Gasteiger partial charge in [0.25, 0.3) is 5.88 Å². The lowest BCUT2D eigenvalue weighted by Crippen LogP contribution is -1.79. The normalized spacial score (nSPS) is 10.3. The molecule has 0 fully saturated rings. The maximum Gasteiger partial charge on any atom is 0.271 e. The second kappa shape index (κ2) is 2.65. The molecular weight excluding hydrogens is 259 g/mol. The Hall–Kier alpha value is -0.850. The zero-order valence-corrected chi connectivity index (χ0v) is 7.48. The number of hydrogen-bond acceptors (Lipinski definition) is 4. The smallest absolute Gasteiger partial charge is 0.271 e. The van der Waals surface area contributed by atoms with Crippen LogP contribution in [0.4, 0.5) is 0 Å². The molecule has 0 aromatic carbocycles. The summed E-state index contributed by atoms with van der Waals surface area (Å²) in [6, 6.07) is 1.81. The van der Waals surface area contributed by atoms with Gasteiger partial charge in [-0.25, -0.2) is 4.98 Å². The Labute approximate surface area is 76.2 Å². The van der Waals surface area contributed by atoms with Gasteiger partial charge in [0.05, 0.1) is 6.20 Å². The van der Waals surface area contributed by atoms with Crippen LogP contribution in [-0.4, -0.2) is 10.1 Å². The van der Waals surface area contributed by atoms with Crippen molar-refractivity contribution in [3.05, 3.63) is 18.5 Å². The fourth-order valence-electron chi connectivity index (χ4n) is 0.827. The molecule has 4 nitrogen and oxygen atoms in total. The summed E-state index contributed by atoms with van der Waals surface area (Å²) >= 11 is 1.75. The van der Waals surface area contributed by atoms with Crippen molar-refractivity contribution >= 4 is 34.0 Å². The van der Waals surface area contributed by atoms with E-state index in [0.29, 0.717) is 11.5 Å². The minimum Gasteiger partial charge on any atom is -0.404 e. The van der Waals surface area contributed by atoms with Crippen LogP contribution in [0.15, 0.2) is 23.0 Å². The molecule has 0 N–H and O–H groups in total. The Balaban J connectivity index is 2.79. The van der Waals surface area contributed by atoms with Gasteiger partial charge in [-0.1, -0.05) is 5.16 Å². The maximum absolute atomic E-state index is 4.91. The molecule has 0 atom stereocenters. The first-order valence-electron chi connectivity index (χ1n) is 2.90. The van der Waals surface area contributed by atoms with Crippen LogP contribution in [0.1, 0.15) is 0 Å². The summed E-state index contributed by atoms with van der Waals surface area (Å²) in [6.07, 6.45) is 3.27. The minimum absolute atomic E-state index is 0.459. The largest absolute Gasteiger partial charge is 0.404 e. The van der Waals surface area contributed by atoms with E-state index in [4.69, 9.17) is 7.59 Å². The molecule has 2 heterocycles. The van der Waals surface area contributed by atoms with Crippen LogP contribution in [0.5, 0.6) is 5.88 Å². The molecule has 0 radical (unpaired) electrons. The first kappa shape index (κ1) is 6.84. The summed E-state index contributed by atoms with van der Waals surface area (Å²) in [6.45, 7) is 0. The number of rotatable bonds is 1. The van der Waals surface area contributed by atoms with Crippen LogP contribution in [-0.2, 0) is 0 Å². The lowest BCUT2D eigenvalue weighted by molar-refractivity contribution is 0.448. The molecule has 0 aliphatic rings. The lowest BCUT2D eigenvalue weighted by Gasteiger charge is -1.92. The summed E-state index contributed by atoms with van der Waals surface area (Å²) in [7, 11) is 0. The summed E-state index contributed by atoms with van der Waals surface area (Å²) in [4.78, 5) is 3.93. The van der Waals surface area contributed by atoms with Gasteiger partial charge in [0.15, 0.2) is 23.0 Å². The Morgan fingerprint density at radius 2 is 2.45 bits per heavy atom. The zero-order valence-electron chi connectivity index (χ0n) is 5.32. The van der Waals surface area contributed by atoms with Crippen molar-refractivity contribution in [2.45, 2.75) is 0 Å². The Kier molecular flexibility index (Phi) is 1.65. The lowest BCUT2D eigenvalue weighted by atomic mass is 10.3. The molecule has 0 saturated heterocycles. The number of nitrogens with zero attached hydrogens (tertiary/aromatic N) is 2. The van der Waals surface area contributed by atoms with Crippen molar-refractivity contribution in [1.29, 1.82) is 0 Å². The maximum atomic E-state index is 4.91. The third kappa shape index (κ3) is 1.05. The predicted molar refractivity (Wildman–Crippen MR) is 46.5 cm³/mol. The van der Waals surface area contributed by atoms with Gasteiger partial charge >= 0.3 is 0 Å². The van der Waals surface area contributed by atoms with Crippen LogP contribution in [0.25, 0.3) is 11.0 Å². The molecule has 2 rings (SSSR count). The summed E-state index contributed by atoms with van der Waals surface area (Å²) in [5.41, 5.74) is 0.585. The van der Waals surface area contributed by atoms with Gasteiger partial charge in [0.2, 0.25) is 5.58 Å². The SMILES string of the molecule is IOc1nccc2cnoc12. The average molecular weight is 262 g/mol. The Bertz CT molecular complexity index is 373. The molecule has 0 unspecified atom stereocenters. The van der Waals surface area contributed by atoms with Gasteiger partial charge in [-0.3, -0.25) is 0 Å². The minimum atomic E-state index is 0.459. The molecule has 0 bridgehead atoms. The highest BCUT2D eigenvalue weighted by molar-refractivity contribution is 14.1. The van der Waals surface area contributed by atoms with E-state index in [1.165, 1.54) is 0 Å². The van der Waals surface area contributed by atoms with Crippen molar-refractivity contribution < 1.29 is 7.59 Å². The second-order valence-electron chi connectivity index (χ2n) is 1.94. The average Bonchev–Trinajstić information content (AvgIpc) is 2.50. The van der Waals surface area contributed by atoms with Gasteiger partial charge < -0.3 is 7.59 Å².